The Morgan fingerprint density at radius 3 is 2.79 bits per heavy atom. The van der Waals surface area contributed by atoms with Crippen molar-refractivity contribution in [3.63, 3.8) is 0 Å². The van der Waals surface area contributed by atoms with Gasteiger partial charge in [0.2, 0.25) is 11.5 Å². The number of nitrogens with one attached hydrogen (secondary N) is 1. The topological polar surface area (TPSA) is 94.0 Å². The lowest BCUT2D eigenvalue weighted by Crippen LogP contribution is -2.26. The molecule has 0 atom stereocenters. The molecule has 0 saturated heterocycles. The lowest BCUT2D eigenvalue weighted by molar-refractivity contribution is 0.0945. The molecule has 1 heterocycles. The maximum Gasteiger partial charge on any atom is 0.277 e. The molecule has 0 aliphatic heterocycles. The molecule has 0 aliphatic carbocycles. The summed E-state index contributed by atoms with van der Waals surface area (Å²) in [5.41, 5.74) is 6.26. The number of amides is 1. The number of anilines is 1. The predicted octanol–water partition coefficient (Wildman–Crippen LogP) is 1.93. The highest BCUT2D eigenvalue weighted by Gasteiger charge is 2.15. The van der Waals surface area contributed by atoms with E-state index in [1.807, 2.05) is 6.07 Å². The van der Waals surface area contributed by atoms with Crippen molar-refractivity contribution in [2.75, 3.05) is 12.3 Å². The molecule has 2 aromatic rings. The van der Waals surface area contributed by atoms with E-state index in [1.54, 1.807) is 12.1 Å². The second-order valence-corrected chi connectivity index (χ2v) is 4.58. The van der Waals surface area contributed by atoms with E-state index in [-0.39, 0.29) is 11.5 Å². The van der Waals surface area contributed by atoms with Crippen LogP contribution in [0, 0.1) is 0 Å². The van der Waals surface area contributed by atoms with E-state index in [4.69, 9.17) is 28.9 Å². The number of nitrogens with zero attached hydrogens (tertiary/aromatic N) is 2. The van der Waals surface area contributed by atoms with Crippen LogP contribution in [0.2, 0.25) is 10.0 Å². The second kappa shape index (κ2) is 5.90. The normalized spacial score (nSPS) is 10.4. The zero-order valence-corrected chi connectivity index (χ0v) is 11.2. The summed E-state index contributed by atoms with van der Waals surface area (Å²) < 4.78 is 4.34. The zero-order valence-electron chi connectivity index (χ0n) is 9.69. The number of carbonyl (C=O) groups is 1. The molecular formula is C11H10Cl2N4O2. The number of rotatable bonds is 4. The summed E-state index contributed by atoms with van der Waals surface area (Å²) in [6.45, 7) is 0.381. The van der Waals surface area contributed by atoms with Crippen molar-refractivity contribution >= 4 is 34.9 Å². The fourth-order valence-electron chi connectivity index (χ4n) is 1.47. The monoisotopic (exact) mass is 300 g/mol. The average Bonchev–Trinajstić information content (AvgIpc) is 2.78. The Kier molecular flexibility index (Phi) is 4.24. The highest BCUT2D eigenvalue weighted by atomic mass is 35.5. The van der Waals surface area contributed by atoms with Crippen molar-refractivity contribution in [1.82, 2.24) is 15.6 Å². The molecule has 0 unspecified atom stereocenters. The first-order valence-electron chi connectivity index (χ1n) is 5.38. The number of halogens is 2. The van der Waals surface area contributed by atoms with E-state index in [9.17, 15) is 4.79 Å². The van der Waals surface area contributed by atoms with Crippen LogP contribution < -0.4 is 11.1 Å². The van der Waals surface area contributed by atoms with Crippen molar-refractivity contribution in [2.24, 2.45) is 0 Å². The number of carbonyl (C=O) groups excluding carboxylic acids is 1. The summed E-state index contributed by atoms with van der Waals surface area (Å²) in [7, 11) is 0. The van der Waals surface area contributed by atoms with Gasteiger partial charge in [0.1, 0.15) is 0 Å². The van der Waals surface area contributed by atoms with Crippen LogP contribution in [0.5, 0.6) is 0 Å². The van der Waals surface area contributed by atoms with Gasteiger partial charge in [0.15, 0.2) is 0 Å². The zero-order chi connectivity index (χ0) is 13.8. The molecule has 6 nitrogen and oxygen atoms in total. The van der Waals surface area contributed by atoms with E-state index in [1.165, 1.54) is 0 Å². The van der Waals surface area contributed by atoms with Crippen LogP contribution >= 0.6 is 23.2 Å². The van der Waals surface area contributed by atoms with Gasteiger partial charge in [0, 0.05) is 16.6 Å². The van der Waals surface area contributed by atoms with Crippen LogP contribution in [0.1, 0.15) is 16.1 Å². The summed E-state index contributed by atoms with van der Waals surface area (Å²) in [5.74, 6) is -0.481. The Balaban J connectivity index is 1.90. The minimum absolute atomic E-state index is 0.0257. The van der Waals surface area contributed by atoms with Crippen molar-refractivity contribution in [2.45, 2.75) is 6.42 Å². The standard InChI is InChI=1S/C11H10Cl2N4O2/c12-7-2-1-6(8(13)5-7)3-4-15-11(18)9-10(14)17-19-16-9/h1-2,5H,3-4H2,(H2,14,17)(H,15,18). The summed E-state index contributed by atoms with van der Waals surface area (Å²) in [6.07, 6.45) is 0.562. The number of nitrogen functional groups attached to an aromatic ring is 1. The number of hydrogen-bond acceptors (Lipinski definition) is 5. The van der Waals surface area contributed by atoms with Gasteiger partial charge in [-0.25, -0.2) is 4.63 Å². The molecule has 1 amide bonds. The van der Waals surface area contributed by atoms with Gasteiger partial charge in [-0.05, 0) is 34.4 Å². The fourth-order valence-corrected chi connectivity index (χ4v) is 1.97. The molecule has 1 aromatic carbocycles. The van der Waals surface area contributed by atoms with Crippen LogP contribution in [-0.2, 0) is 6.42 Å². The summed E-state index contributed by atoms with van der Waals surface area (Å²) >= 11 is 11.8. The molecule has 0 radical (unpaired) electrons. The maximum absolute atomic E-state index is 11.6. The third kappa shape index (κ3) is 3.36. The van der Waals surface area contributed by atoms with Gasteiger partial charge < -0.3 is 11.1 Å². The Hall–Kier alpha value is -1.79. The van der Waals surface area contributed by atoms with Gasteiger partial charge >= 0.3 is 0 Å². The maximum atomic E-state index is 11.6. The lowest BCUT2D eigenvalue weighted by Gasteiger charge is -2.05. The third-order valence-electron chi connectivity index (χ3n) is 2.42. The number of nitrogens with two attached hydrogens (primary N) is 1. The summed E-state index contributed by atoms with van der Waals surface area (Å²) in [6, 6.07) is 5.20. The van der Waals surface area contributed by atoms with Crippen LogP contribution in [-0.4, -0.2) is 22.8 Å². The molecule has 100 valence electrons. The van der Waals surface area contributed by atoms with Crippen LogP contribution in [0.25, 0.3) is 0 Å². The van der Waals surface area contributed by atoms with Crippen LogP contribution in [0.4, 0.5) is 5.82 Å². The highest BCUT2D eigenvalue weighted by molar-refractivity contribution is 6.35. The molecule has 0 aliphatic rings. The van der Waals surface area contributed by atoms with Crippen molar-refractivity contribution in [3.05, 3.63) is 39.5 Å². The van der Waals surface area contributed by atoms with Crippen molar-refractivity contribution in [1.29, 1.82) is 0 Å². The first kappa shape index (κ1) is 13.6. The summed E-state index contributed by atoms with van der Waals surface area (Å²) in [4.78, 5) is 11.6. The molecule has 0 fully saturated rings. The van der Waals surface area contributed by atoms with E-state index in [2.05, 4.69) is 20.3 Å². The van der Waals surface area contributed by atoms with Crippen molar-refractivity contribution < 1.29 is 9.42 Å². The second-order valence-electron chi connectivity index (χ2n) is 3.74. The minimum Gasteiger partial charge on any atom is -0.379 e. The van der Waals surface area contributed by atoms with Crippen LogP contribution in [0.3, 0.4) is 0 Å². The number of benzene rings is 1. The van der Waals surface area contributed by atoms with Gasteiger partial charge in [0.25, 0.3) is 5.91 Å². The molecule has 2 rings (SSSR count). The summed E-state index contributed by atoms with van der Waals surface area (Å²) in [5, 5.41) is 10.5. The van der Waals surface area contributed by atoms with E-state index >= 15 is 0 Å². The largest absolute Gasteiger partial charge is 0.379 e. The molecule has 19 heavy (non-hydrogen) atoms. The van der Waals surface area contributed by atoms with Crippen LogP contribution in [0.15, 0.2) is 22.8 Å². The number of aromatic nitrogens is 2. The molecule has 0 bridgehead atoms. The van der Waals surface area contributed by atoms with Gasteiger partial charge in [-0.1, -0.05) is 29.3 Å². The molecule has 0 spiro atoms. The smallest absolute Gasteiger partial charge is 0.277 e. The molecule has 3 N–H and O–H groups in total. The van der Waals surface area contributed by atoms with Gasteiger partial charge in [0.05, 0.1) is 0 Å². The van der Waals surface area contributed by atoms with E-state index in [0.717, 1.165) is 5.56 Å². The van der Waals surface area contributed by atoms with Crippen molar-refractivity contribution in [3.8, 4) is 0 Å². The molecule has 0 saturated carbocycles. The Morgan fingerprint density at radius 1 is 1.37 bits per heavy atom. The first-order chi connectivity index (χ1) is 9.08. The van der Waals surface area contributed by atoms with E-state index in [0.29, 0.717) is 23.0 Å². The Morgan fingerprint density at radius 2 is 2.16 bits per heavy atom. The SMILES string of the molecule is Nc1nonc1C(=O)NCCc1ccc(Cl)cc1Cl. The third-order valence-corrected chi connectivity index (χ3v) is 3.01. The Labute approximate surface area is 118 Å². The number of hydrogen-bond donors (Lipinski definition) is 2. The van der Waals surface area contributed by atoms with Gasteiger partial charge in [-0.3, -0.25) is 4.79 Å². The van der Waals surface area contributed by atoms with E-state index < -0.39 is 5.91 Å². The first-order valence-corrected chi connectivity index (χ1v) is 6.13. The van der Waals surface area contributed by atoms with Gasteiger partial charge in [-0.2, -0.15) is 0 Å². The molecule has 1 aromatic heterocycles. The molecular weight excluding hydrogens is 291 g/mol. The fraction of sp³-hybridized carbons (Fsp3) is 0.182. The Bertz CT molecular complexity index is 600. The predicted molar refractivity (Wildman–Crippen MR) is 71.2 cm³/mol. The van der Waals surface area contributed by atoms with Gasteiger partial charge in [-0.15, -0.1) is 0 Å². The highest BCUT2D eigenvalue weighted by Crippen LogP contribution is 2.21. The quantitative estimate of drug-likeness (QED) is 0.900. The average molecular weight is 301 g/mol. The minimum atomic E-state index is -0.441. The molecule has 8 heteroatoms. The lowest BCUT2D eigenvalue weighted by atomic mass is 10.1.